The molecule has 0 N–H and O–H groups in total. The number of ether oxygens (including phenoxy) is 1. The van der Waals surface area contributed by atoms with Gasteiger partial charge < -0.3 is 4.74 Å². The highest BCUT2D eigenvalue weighted by molar-refractivity contribution is 5.35. The summed E-state index contributed by atoms with van der Waals surface area (Å²) in [5.74, 6) is -11.7. The van der Waals surface area contributed by atoms with Gasteiger partial charge in [0.15, 0.2) is 17.4 Å². The number of rotatable bonds is 7. The highest BCUT2D eigenvalue weighted by atomic mass is 19.3. The van der Waals surface area contributed by atoms with Gasteiger partial charge in [0.1, 0.15) is 0 Å². The average molecular weight is 378 g/mol. The Balaban J connectivity index is 2.00. The van der Waals surface area contributed by atoms with E-state index in [0.29, 0.717) is 0 Å². The molecule has 0 atom stereocenters. The second kappa shape index (κ2) is 7.76. The summed E-state index contributed by atoms with van der Waals surface area (Å²) in [6.07, 6.45) is 2.09. The number of benzene rings is 1. The predicted octanol–water partition coefficient (Wildman–Crippen LogP) is 6.12. The summed E-state index contributed by atoms with van der Waals surface area (Å²) < 4.78 is 87.9. The molecule has 1 nitrogen and oxygen atoms in total. The fourth-order valence-electron chi connectivity index (χ4n) is 2.79. The number of halogens is 6. The van der Waals surface area contributed by atoms with Crippen molar-refractivity contribution in [3.63, 3.8) is 0 Å². The first kappa shape index (κ1) is 20.4. The number of allylic oxidation sites excluding steroid dienone is 4. The monoisotopic (exact) mass is 378 g/mol. The van der Waals surface area contributed by atoms with E-state index in [1.165, 1.54) is 26.0 Å². The zero-order valence-electron chi connectivity index (χ0n) is 14.5. The maximum Gasteiger partial charge on any atom is 0.369 e. The van der Waals surface area contributed by atoms with Gasteiger partial charge in [-0.2, -0.15) is 17.6 Å². The van der Waals surface area contributed by atoms with Gasteiger partial charge in [0.2, 0.25) is 0 Å². The van der Waals surface area contributed by atoms with Crippen LogP contribution in [0.2, 0.25) is 0 Å². The topological polar surface area (TPSA) is 9.23 Å². The van der Waals surface area contributed by atoms with Crippen molar-refractivity contribution >= 4 is 0 Å². The van der Waals surface area contributed by atoms with Gasteiger partial charge in [-0.05, 0) is 56.7 Å². The third-order valence-corrected chi connectivity index (χ3v) is 4.34. The molecule has 0 saturated heterocycles. The second-order valence-electron chi connectivity index (χ2n) is 6.18. The predicted molar refractivity (Wildman–Crippen MR) is 86.3 cm³/mol. The van der Waals surface area contributed by atoms with Crippen molar-refractivity contribution in [2.75, 3.05) is 6.61 Å². The smallest absolute Gasteiger partial charge is 0.369 e. The molecule has 0 heterocycles. The van der Waals surface area contributed by atoms with Gasteiger partial charge >= 0.3 is 11.8 Å². The Morgan fingerprint density at radius 3 is 2.19 bits per heavy atom. The van der Waals surface area contributed by atoms with Gasteiger partial charge in [-0.1, -0.05) is 18.2 Å². The number of hydrogen-bond donors (Lipinski definition) is 0. The lowest BCUT2D eigenvalue weighted by Gasteiger charge is -2.32. The Kier molecular flexibility index (Phi) is 6.09. The molecule has 1 aromatic rings. The van der Waals surface area contributed by atoms with Crippen LogP contribution in [0.25, 0.3) is 0 Å². The minimum Gasteiger partial charge on any atom is -0.492 e. The SMILES string of the molecule is CCOC1=CC=C(CCCCc2ccc(C)c(F)c2F)C(F)(F)C1(F)F. The molecule has 0 amide bonds. The molecule has 0 radical (unpaired) electrons. The van der Waals surface area contributed by atoms with Crippen LogP contribution in [-0.4, -0.2) is 18.5 Å². The number of hydrogen-bond acceptors (Lipinski definition) is 1. The molecule has 0 aromatic heterocycles. The molecular formula is C19H20F6O. The van der Waals surface area contributed by atoms with Crippen LogP contribution < -0.4 is 0 Å². The Morgan fingerprint density at radius 2 is 1.54 bits per heavy atom. The first-order chi connectivity index (χ1) is 12.1. The molecule has 0 bridgehead atoms. The molecule has 1 aliphatic rings. The van der Waals surface area contributed by atoms with Crippen molar-refractivity contribution in [1.82, 2.24) is 0 Å². The largest absolute Gasteiger partial charge is 0.492 e. The van der Waals surface area contributed by atoms with Crippen molar-refractivity contribution in [3.8, 4) is 0 Å². The van der Waals surface area contributed by atoms with Crippen molar-refractivity contribution in [2.45, 2.75) is 51.4 Å². The molecule has 26 heavy (non-hydrogen) atoms. The maximum absolute atomic E-state index is 14.1. The van der Waals surface area contributed by atoms with Crippen LogP contribution in [-0.2, 0) is 11.2 Å². The molecule has 0 aliphatic heterocycles. The highest BCUT2D eigenvalue weighted by Crippen LogP contribution is 2.48. The fourth-order valence-corrected chi connectivity index (χ4v) is 2.79. The summed E-state index contributed by atoms with van der Waals surface area (Å²) in [7, 11) is 0. The van der Waals surface area contributed by atoms with Crippen LogP contribution in [0.5, 0.6) is 0 Å². The van der Waals surface area contributed by atoms with Gasteiger partial charge in [-0.3, -0.25) is 0 Å². The van der Waals surface area contributed by atoms with E-state index in [0.717, 1.165) is 12.2 Å². The summed E-state index contributed by atoms with van der Waals surface area (Å²) >= 11 is 0. The van der Waals surface area contributed by atoms with Crippen LogP contribution in [0.15, 0.2) is 35.6 Å². The highest BCUT2D eigenvalue weighted by Gasteiger charge is 2.63. The lowest BCUT2D eigenvalue weighted by atomic mass is 9.91. The third-order valence-electron chi connectivity index (χ3n) is 4.34. The summed E-state index contributed by atoms with van der Waals surface area (Å²) in [6.45, 7) is 2.73. The Bertz CT molecular complexity index is 721. The van der Waals surface area contributed by atoms with Gasteiger partial charge in [0, 0.05) is 5.57 Å². The number of unbranched alkanes of at least 4 members (excludes halogenated alkanes) is 1. The van der Waals surface area contributed by atoms with E-state index in [1.807, 2.05) is 0 Å². The van der Waals surface area contributed by atoms with Crippen molar-refractivity contribution in [3.05, 3.63) is 58.4 Å². The standard InChI is InChI=1S/C19H20F6O/c1-3-26-15-11-10-14(18(22,23)19(15,24)25)7-5-4-6-13-9-8-12(2)16(20)17(13)21/h8-11H,3-7H2,1-2H3. The van der Waals surface area contributed by atoms with Crippen LogP contribution >= 0.6 is 0 Å². The molecule has 0 saturated carbocycles. The van der Waals surface area contributed by atoms with E-state index in [9.17, 15) is 26.3 Å². The van der Waals surface area contributed by atoms with Crippen molar-refractivity contribution in [2.24, 2.45) is 0 Å². The van der Waals surface area contributed by atoms with Gasteiger partial charge in [-0.25, -0.2) is 8.78 Å². The summed E-state index contributed by atoms with van der Waals surface area (Å²) in [6, 6.07) is 2.87. The quantitative estimate of drug-likeness (QED) is 0.410. The van der Waals surface area contributed by atoms with Crippen LogP contribution in [0.1, 0.15) is 37.3 Å². The molecule has 2 rings (SSSR count). The Labute approximate surface area is 148 Å². The van der Waals surface area contributed by atoms with E-state index in [-0.39, 0.29) is 43.4 Å². The molecule has 1 aliphatic carbocycles. The van der Waals surface area contributed by atoms with E-state index in [4.69, 9.17) is 0 Å². The zero-order valence-corrected chi connectivity index (χ0v) is 14.5. The molecule has 0 unspecified atom stereocenters. The lowest BCUT2D eigenvalue weighted by molar-refractivity contribution is -0.186. The first-order valence-corrected chi connectivity index (χ1v) is 8.36. The third kappa shape index (κ3) is 3.76. The van der Waals surface area contributed by atoms with Crippen LogP contribution in [0, 0.1) is 18.6 Å². The summed E-state index contributed by atoms with van der Waals surface area (Å²) in [5, 5.41) is 0. The van der Waals surface area contributed by atoms with E-state index in [2.05, 4.69) is 4.74 Å². The number of alkyl halides is 4. The summed E-state index contributed by atoms with van der Waals surface area (Å²) in [5.41, 5.74) is -0.375. The zero-order chi connectivity index (χ0) is 19.5. The second-order valence-corrected chi connectivity index (χ2v) is 6.18. The van der Waals surface area contributed by atoms with E-state index >= 15 is 0 Å². The molecule has 144 valence electrons. The minimum absolute atomic E-state index is 0.137. The van der Waals surface area contributed by atoms with Crippen LogP contribution in [0.4, 0.5) is 26.3 Å². The molecule has 7 heteroatoms. The normalized spacial score (nSPS) is 18.3. The fraction of sp³-hybridized carbons (Fsp3) is 0.474. The summed E-state index contributed by atoms with van der Waals surface area (Å²) in [4.78, 5) is 0. The molecule has 0 fully saturated rings. The molecule has 0 spiro atoms. The maximum atomic E-state index is 14.1. The van der Waals surface area contributed by atoms with Crippen molar-refractivity contribution < 1.29 is 31.1 Å². The number of aryl methyl sites for hydroxylation is 2. The lowest BCUT2D eigenvalue weighted by Crippen LogP contribution is -2.46. The average Bonchev–Trinajstić information content (AvgIpc) is 2.58. The Morgan fingerprint density at radius 1 is 0.885 bits per heavy atom. The van der Waals surface area contributed by atoms with E-state index < -0.39 is 34.8 Å². The molecular weight excluding hydrogens is 358 g/mol. The van der Waals surface area contributed by atoms with E-state index in [1.54, 1.807) is 0 Å². The van der Waals surface area contributed by atoms with Gasteiger partial charge in [0.25, 0.3) is 0 Å². The first-order valence-electron chi connectivity index (χ1n) is 8.36. The van der Waals surface area contributed by atoms with Crippen molar-refractivity contribution in [1.29, 1.82) is 0 Å². The van der Waals surface area contributed by atoms with Gasteiger partial charge in [-0.15, -0.1) is 0 Å². The van der Waals surface area contributed by atoms with Crippen LogP contribution in [0.3, 0.4) is 0 Å². The minimum atomic E-state index is -4.40. The van der Waals surface area contributed by atoms with Gasteiger partial charge in [0.05, 0.1) is 6.61 Å². The Hall–Kier alpha value is -1.92. The molecule has 1 aromatic carbocycles.